The first-order valence-electron chi connectivity index (χ1n) is 8.28. The Balaban J connectivity index is 1.66. The molecule has 0 spiro atoms. The molecule has 2 heterocycles. The zero-order valence-electron chi connectivity index (χ0n) is 13.9. The number of nitrogens with zero attached hydrogens (tertiary/aromatic N) is 3. The van der Waals surface area contributed by atoms with Gasteiger partial charge in [-0.05, 0) is 35.2 Å². The molecule has 6 nitrogen and oxygen atoms in total. The molecule has 0 aliphatic rings. The van der Waals surface area contributed by atoms with Gasteiger partial charge in [-0.15, -0.1) is 10.2 Å². The molecule has 0 bridgehead atoms. The molecule has 25 heavy (non-hydrogen) atoms. The topological polar surface area (TPSA) is 76.7 Å². The predicted octanol–water partition coefficient (Wildman–Crippen LogP) is 2.91. The largest absolute Gasteiger partial charge is 0.428 e. The van der Waals surface area contributed by atoms with Gasteiger partial charge in [0.05, 0.1) is 24.0 Å². The van der Waals surface area contributed by atoms with E-state index in [1.165, 1.54) is 17.5 Å². The monoisotopic (exact) mass is 334 g/mol. The van der Waals surface area contributed by atoms with Crippen LogP contribution >= 0.6 is 0 Å². The quantitative estimate of drug-likeness (QED) is 0.609. The molecule has 1 N–H and O–H groups in total. The van der Waals surface area contributed by atoms with Crippen molar-refractivity contribution in [1.29, 1.82) is 0 Å². The third-order valence-corrected chi connectivity index (χ3v) is 4.42. The number of hydrogen-bond acceptors (Lipinski definition) is 4. The second kappa shape index (κ2) is 6.39. The number of para-hydroxylation sites is 2. The van der Waals surface area contributed by atoms with E-state index in [0.717, 1.165) is 23.0 Å². The van der Waals surface area contributed by atoms with Gasteiger partial charge >= 0.3 is 5.69 Å². The second-order valence-electron chi connectivity index (χ2n) is 6.00. The minimum atomic E-state index is -0.0887. The van der Waals surface area contributed by atoms with Crippen LogP contribution in [0.1, 0.15) is 29.5 Å². The maximum Gasteiger partial charge on any atom is 0.326 e. The van der Waals surface area contributed by atoms with E-state index in [2.05, 4.69) is 40.3 Å². The average molecular weight is 334 g/mol. The Labute approximate surface area is 144 Å². The lowest BCUT2D eigenvalue weighted by Crippen LogP contribution is -2.17. The van der Waals surface area contributed by atoms with E-state index in [0.29, 0.717) is 18.9 Å². The highest BCUT2D eigenvalue weighted by atomic mass is 16.4. The van der Waals surface area contributed by atoms with Gasteiger partial charge in [-0.1, -0.05) is 37.3 Å². The molecule has 0 amide bonds. The van der Waals surface area contributed by atoms with Crippen LogP contribution in [0.5, 0.6) is 0 Å². The number of aryl methyl sites for hydroxylation is 1. The molecular weight excluding hydrogens is 316 g/mol. The number of rotatable bonds is 5. The SMILES string of the molecule is CCc1cc(Cn2c(=O)[nH]c3ccccc32)ccc1Cc1nnco1. The van der Waals surface area contributed by atoms with Crippen LogP contribution in [0.25, 0.3) is 11.0 Å². The Morgan fingerprint density at radius 2 is 2.04 bits per heavy atom. The second-order valence-corrected chi connectivity index (χ2v) is 6.00. The number of imidazole rings is 1. The number of aromatic amines is 1. The number of fused-ring (bicyclic) bond motifs is 1. The standard InChI is InChI=1S/C19H18N4O2/c1-2-14-9-13(7-8-15(14)10-18-22-20-12-25-18)11-23-17-6-4-3-5-16(17)21-19(23)24/h3-9,12H,2,10-11H2,1H3,(H,21,24). The summed E-state index contributed by atoms with van der Waals surface area (Å²) in [6.45, 7) is 2.66. The van der Waals surface area contributed by atoms with Crippen LogP contribution in [0.4, 0.5) is 0 Å². The molecule has 2 aromatic carbocycles. The fourth-order valence-electron chi connectivity index (χ4n) is 3.16. The van der Waals surface area contributed by atoms with E-state index in [9.17, 15) is 4.79 Å². The molecule has 4 aromatic rings. The molecule has 2 aromatic heterocycles. The Hall–Kier alpha value is -3.15. The number of H-pyrrole nitrogens is 1. The lowest BCUT2D eigenvalue weighted by atomic mass is 9.99. The molecule has 4 rings (SSSR count). The smallest absolute Gasteiger partial charge is 0.326 e. The molecule has 6 heteroatoms. The van der Waals surface area contributed by atoms with Crippen LogP contribution in [-0.2, 0) is 19.4 Å². The van der Waals surface area contributed by atoms with Gasteiger partial charge in [0.2, 0.25) is 12.3 Å². The predicted molar refractivity (Wildman–Crippen MR) is 94.6 cm³/mol. The molecule has 0 unspecified atom stereocenters. The summed E-state index contributed by atoms with van der Waals surface area (Å²) < 4.78 is 7.01. The van der Waals surface area contributed by atoms with Gasteiger partial charge in [0.25, 0.3) is 0 Å². The van der Waals surface area contributed by atoms with E-state index < -0.39 is 0 Å². The zero-order chi connectivity index (χ0) is 17.2. The average Bonchev–Trinajstić information content (AvgIpc) is 3.24. The van der Waals surface area contributed by atoms with Gasteiger partial charge in [-0.2, -0.15) is 0 Å². The van der Waals surface area contributed by atoms with Crippen LogP contribution in [0.15, 0.2) is 58.1 Å². The number of nitrogens with one attached hydrogen (secondary N) is 1. The normalized spacial score (nSPS) is 11.2. The van der Waals surface area contributed by atoms with E-state index in [4.69, 9.17) is 4.42 Å². The maximum absolute atomic E-state index is 12.3. The summed E-state index contributed by atoms with van der Waals surface area (Å²) in [5.41, 5.74) is 5.18. The van der Waals surface area contributed by atoms with Gasteiger partial charge in [0.15, 0.2) is 0 Å². The highest BCUT2D eigenvalue weighted by molar-refractivity contribution is 5.75. The van der Waals surface area contributed by atoms with Crippen LogP contribution in [0.2, 0.25) is 0 Å². The van der Waals surface area contributed by atoms with Crippen molar-refractivity contribution in [3.8, 4) is 0 Å². The first-order valence-corrected chi connectivity index (χ1v) is 8.28. The van der Waals surface area contributed by atoms with Gasteiger partial charge in [0.1, 0.15) is 0 Å². The van der Waals surface area contributed by atoms with Crippen molar-refractivity contribution in [2.45, 2.75) is 26.3 Å². The first-order chi connectivity index (χ1) is 12.2. The first kappa shape index (κ1) is 15.4. The van der Waals surface area contributed by atoms with Gasteiger partial charge in [-0.25, -0.2) is 4.79 Å². The highest BCUT2D eigenvalue weighted by Crippen LogP contribution is 2.18. The summed E-state index contributed by atoms with van der Waals surface area (Å²) in [6.07, 6.45) is 2.87. The molecule has 0 saturated heterocycles. The maximum atomic E-state index is 12.3. The molecule has 126 valence electrons. The summed E-state index contributed by atoms with van der Waals surface area (Å²) in [4.78, 5) is 15.2. The molecule has 0 saturated carbocycles. The summed E-state index contributed by atoms with van der Waals surface area (Å²) in [5, 5.41) is 7.67. The van der Waals surface area contributed by atoms with Crippen molar-refractivity contribution in [1.82, 2.24) is 19.7 Å². The van der Waals surface area contributed by atoms with E-state index in [-0.39, 0.29) is 5.69 Å². The highest BCUT2D eigenvalue weighted by Gasteiger charge is 2.10. The summed E-state index contributed by atoms with van der Waals surface area (Å²) in [5.74, 6) is 0.607. The summed E-state index contributed by atoms with van der Waals surface area (Å²) >= 11 is 0. The summed E-state index contributed by atoms with van der Waals surface area (Å²) in [6, 6.07) is 14.0. The lowest BCUT2D eigenvalue weighted by Gasteiger charge is -2.10. The number of aromatic nitrogens is 4. The summed E-state index contributed by atoms with van der Waals surface area (Å²) in [7, 11) is 0. The Kier molecular flexibility index (Phi) is 3.93. The fourth-order valence-corrected chi connectivity index (χ4v) is 3.16. The third kappa shape index (κ3) is 2.98. The van der Waals surface area contributed by atoms with Crippen LogP contribution in [0.3, 0.4) is 0 Å². The third-order valence-electron chi connectivity index (χ3n) is 4.42. The van der Waals surface area contributed by atoms with Crippen molar-refractivity contribution < 1.29 is 4.42 Å². The van der Waals surface area contributed by atoms with Crippen LogP contribution in [0, 0.1) is 0 Å². The minimum absolute atomic E-state index is 0.0887. The van der Waals surface area contributed by atoms with Crippen LogP contribution < -0.4 is 5.69 Å². The number of hydrogen-bond donors (Lipinski definition) is 1. The minimum Gasteiger partial charge on any atom is -0.428 e. The van der Waals surface area contributed by atoms with Crippen molar-refractivity contribution in [2.24, 2.45) is 0 Å². The Morgan fingerprint density at radius 3 is 2.84 bits per heavy atom. The molecular formula is C19H18N4O2. The van der Waals surface area contributed by atoms with E-state index >= 15 is 0 Å². The molecule has 0 fully saturated rings. The molecule has 0 aliphatic carbocycles. The molecule has 0 aliphatic heterocycles. The fraction of sp³-hybridized carbons (Fsp3) is 0.211. The Morgan fingerprint density at radius 1 is 1.16 bits per heavy atom. The van der Waals surface area contributed by atoms with Crippen LogP contribution in [-0.4, -0.2) is 19.7 Å². The lowest BCUT2D eigenvalue weighted by molar-refractivity contribution is 0.504. The van der Waals surface area contributed by atoms with Crippen molar-refractivity contribution in [3.63, 3.8) is 0 Å². The van der Waals surface area contributed by atoms with Gasteiger partial charge in [-0.3, -0.25) is 4.57 Å². The van der Waals surface area contributed by atoms with Crippen molar-refractivity contribution in [3.05, 3.63) is 81.9 Å². The zero-order valence-corrected chi connectivity index (χ0v) is 13.9. The Bertz CT molecular complexity index is 1060. The van der Waals surface area contributed by atoms with Crippen molar-refractivity contribution in [2.75, 3.05) is 0 Å². The molecule has 0 radical (unpaired) electrons. The van der Waals surface area contributed by atoms with Gasteiger partial charge < -0.3 is 9.40 Å². The molecule has 0 atom stereocenters. The van der Waals surface area contributed by atoms with Gasteiger partial charge in [0, 0.05) is 0 Å². The van der Waals surface area contributed by atoms with Crippen molar-refractivity contribution >= 4 is 11.0 Å². The van der Waals surface area contributed by atoms with E-state index in [1.807, 2.05) is 24.3 Å². The van der Waals surface area contributed by atoms with E-state index in [1.54, 1.807) is 4.57 Å². The number of benzene rings is 2.